The van der Waals surface area contributed by atoms with Gasteiger partial charge in [0.15, 0.2) is 0 Å². The molecule has 23 heavy (non-hydrogen) atoms. The number of thiazole rings is 1. The van der Waals surface area contributed by atoms with Crippen molar-refractivity contribution in [2.45, 2.75) is 12.1 Å². The average molecular weight is 323 g/mol. The molecule has 1 aliphatic heterocycles. The van der Waals surface area contributed by atoms with Crippen molar-refractivity contribution in [1.29, 1.82) is 0 Å². The Morgan fingerprint density at radius 2 is 1.83 bits per heavy atom. The molecule has 1 fully saturated rings. The predicted octanol–water partition coefficient (Wildman–Crippen LogP) is 2.91. The van der Waals surface area contributed by atoms with Crippen LogP contribution in [0.2, 0.25) is 0 Å². The van der Waals surface area contributed by atoms with Crippen molar-refractivity contribution < 1.29 is 5.11 Å². The Morgan fingerprint density at radius 1 is 1.04 bits per heavy atom. The summed E-state index contributed by atoms with van der Waals surface area (Å²) < 4.78 is 0. The lowest BCUT2D eigenvalue weighted by molar-refractivity contribution is -0.107. The molecular weight excluding hydrogens is 306 g/mol. The lowest BCUT2D eigenvalue weighted by atomic mass is 9.86. The zero-order valence-electron chi connectivity index (χ0n) is 12.6. The largest absolute Gasteiger partial charge is 0.382 e. The molecule has 2 aromatic heterocycles. The van der Waals surface area contributed by atoms with Crippen LogP contribution < -0.4 is 0 Å². The topological polar surface area (TPSA) is 49.2 Å². The summed E-state index contributed by atoms with van der Waals surface area (Å²) in [6, 6.07) is 15.7. The number of likely N-dealkylation sites (tertiary alicyclic amines) is 1. The molecule has 3 aromatic rings. The molecule has 0 unspecified atom stereocenters. The van der Waals surface area contributed by atoms with Gasteiger partial charge in [-0.3, -0.25) is 9.88 Å². The zero-order valence-corrected chi connectivity index (χ0v) is 13.4. The molecule has 0 saturated carbocycles. The molecule has 3 heterocycles. The van der Waals surface area contributed by atoms with E-state index in [2.05, 4.69) is 14.9 Å². The summed E-state index contributed by atoms with van der Waals surface area (Å²) in [6.07, 6.45) is 3.69. The molecule has 4 nitrogen and oxygen atoms in total. The van der Waals surface area contributed by atoms with Crippen molar-refractivity contribution in [1.82, 2.24) is 14.9 Å². The van der Waals surface area contributed by atoms with Crippen molar-refractivity contribution in [2.75, 3.05) is 13.1 Å². The van der Waals surface area contributed by atoms with Crippen LogP contribution in [-0.4, -0.2) is 33.1 Å². The summed E-state index contributed by atoms with van der Waals surface area (Å²) in [6.45, 7) is 2.14. The number of benzene rings is 1. The average Bonchev–Trinajstić information content (AvgIpc) is 3.03. The highest BCUT2D eigenvalue weighted by Gasteiger charge is 2.42. The van der Waals surface area contributed by atoms with Crippen molar-refractivity contribution >= 4 is 11.3 Å². The Bertz CT molecular complexity index is 782. The van der Waals surface area contributed by atoms with Crippen molar-refractivity contribution in [2.24, 2.45) is 0 Å². The molecule has 4 rings (SSSR count). The third kappa shape index (κ3) is 2.91. The highest BCUT2D eigenvalue weighted by Crippen LogP contribution is 2.34. The summed E-state index contributed by atoms with van der Waals surface area (Å²) in [7, 11) is 0. The Morgan fingerprint density at radius 3 is 2.57 bits per heavy atom. The smallest absolute Gasteiger partial charge is 0.142 e. The van der Waals surface area contributed by atoms with Gasteiger partial charge in [-0.2, -0.15) is 0 Å². The monoisotopic (exact) mass is 323 g/mol. The molecule has 1 N–H and O–H groups in total. The Hall–Kier alpha value is -2.08. The summed E-state index contributed by atoms with van der Waals surface area (Å²) in [5.41, 5.74) is 1.19. The molecule has 1 aromatic carbocycles. The van der Waals surface area contributed by atoms with Crippen molar-refractivity contribution in [3.63, 3.8) is 0 Å². The predicted molar refractivity (Wildman–Crippen MR) is 91.0 cm³/mol. The fraction of sp³-hybridized carbons (Fsp3) is 0.222. The van der Waals surface area contributed by atoms with Gasteiger partial charge in [0.05, 0.1) is 5.69 Å². The minimum Gasteiger partial charge on any atom is -0.382 e. The third-order valence-corrected chi connectivity index (χ3v) is 5.10. The van der Waals surface area contributed by atoms with Crippen LogP contribution in [0.1, 0.15) is 10.4 Å². The van der Waals surface area contributed by atoms with E-state index >= 15 is 0 Å². The molecule has 116 valence electrons. The Labute approximate surface area is 139 Å². The first kappa shape index (κ1) is 14.5. The first-order valence-corrected chi connectivity index (χ1v) is 8.41. The Kier molecular flexibility index (Phi) is 3.69. The molecule has 0 radical (unpaired) electrons. The molecule has 0 bridgehead atoms. The first-order chi connectivity index (χ1) is 11.2. The summed E-state index contributed by atoms with van der Waals surface area (Å²) >= 11 is 1.66. The van der Waals surface area contributed by atoms with Crippen LogP contribution in [0.5, 0.6) is 0 Å². The van der Waals surface area contributed by atoms with E-state index < -0.39 is 5.60 Å². The molecule has 0 spiro atoms. The van der Waals surface area contributed by atoms with Gasteiger partial charge in [0, 0.05) is 36.9 Å². The molecule has 0 atom stereocenters. The SMILES string of the molecule is OC1(c2ccccc2)CN(Cc2cnc(-c3ccccn3)s2)C1. The second-order valence-corrected chi connectivity index (χ2v) is 7.00. The second kappa shape index (κ2) is 5.85. The van der Waals surface area contributed by atoms with E-state index in [-0.39, 0.29) is 0 Å². The van der Waals surface area contributed by atoms with Crippen LogP contribution >= 0.6 is 11.3 Å². The molecule has 0 aliphatic carbocycles. The highest BCUT2D eigenvalue weighted by molar-refractivity contribution is 7.14. The number of hydrogen-bond acceptors (Lipinski definition) is 5. The number of pyridine rings is 1. The van der Waals surface area contributed by atoms with Crippen LogP contribution in [0.25, 0.3) is 10.7 Å². The lowest BCUT2D eigenvalue weighted by Crippen LogP contribution is -2.58. The van der Waals surface area contributed by atoms with Gasteiger partial charge in [-0.05, 0) is 17.7 Å². The molecule has 5 heteroatoms. The molecule has 0 amide bonds. The van der Waals surface area contributed by atoms with Gasteiger partial charge in [-0.1, -0.05) is 36.4 Å². The normalized spacial score (nSPS) is 16.9. The molecular formula is C18H17N3OS. The summed E-state index contributed by atoms with van der Waals surface area (Å²) in [5, 5.41) is 11.6. The maximum atomic E-state index is 10.6. The zero-order chi connectivity index (χ0) is 15.7. The number of hydrogen-bond donors (Lipinski definition) is 1. The van der Waals surface area contributed by atoms with E-state index in [1.165, 1.54) is 4.88 Å². The fourth-order valence-electron chi connectivity index (χ4n) is 2.94. The van der Waals surface area contributed by atoms with Crippen LogP contribution in [0.3, 0.4) is 0 Å². The summed E-state index contributed by atoms with van der Waals surface area (Å²) in [5.74, 6) is 0. The van der Waals surface area contributed by atoms with Crippen molar-refractivity contribution in [3.05, 3.63) is 71.4 Å². The minimum absolute atomic E-state index is 0.661. The Balaban J connectivity index is 1.41. The van der Waals surface area contributed by atoms with E-state index in [4.69, 9.17) is 0 Å². The van der Waals surface area contributed by atoms with Gasteiger partial charge >= 0.3 is 0 Å². The van der Waals surface area contributed by atoms with Gasteiger partial charge in [-0.15, -0.1) is 11.3 Å². The third-order valence-electron chi connectivity index (χ3n) is 4.10. The van der Waals surface area contributed by atoms with Crippen LogP contribution in [-0.2, 0) is 12.1 Å². The molecule has 1 aliphatic rings. The van der Waals surface area contributed by atoms with E-state index in [0.717, 1.165) is 22.8 Å². The number of aliphatic hydroxyl groups is 1. The van der Waals surface area contributed by atoms with Gasteiger partial charge in [0.1, 0.15) is 10.6 Å². The standard InChI is InChI=1S/C18H17N3OS/c22-18(14-6-2-1-3-7-14)12-21(13-18)11-15-10-20-17(23-15)16-8-4-5-9-19-16/h1-10,22H,11-13H2. The van der Waals surface area contributed by atoms with Crippen LogP contribution in [0.4, 0.5) is 0 Å². The van der Waals surface area contributed by atoms with Gasteiger partial charge in [-0.25, -0.2) is 4.98 Å². The fourth-order valence-corrected chi connectivity index (χ4v) is 3.88. The number of β-amino-alcohol motifs (C(OH)–C–C–N with tert-alkyl or cyclic N) is 1. The maximum Gasteiger partial charge on any atom is 0.142 e. The van der Waals surface area contributed by atoms with Gasteiger partial charge in [0.25, 0.3) is 0 Å². The van der Waals surface area contributed by atoms with Gasteiger partial charge < -0.3 is 5.11 Å². The highest BCUT2D eigenvalue weighted by atomic mass is 32.1. The minimum atomic E-state index is -0.713. The maximum absolute atomic E-state index is 10.6. The summed E-state index contributed by atoms with van der Waals surface area (Å²) in [4.78, 5) is 12.2. The lowest BCUT2D eigenvalue weighted by Gasteiger charge is -2.46. The van der Waals surface area contributed by atoms with Crippen LogP contribution in [0.15, 0.2) is 60.9 Å². The number of nitrogens with zero attached hydrogens (tertiary/aromatic N) is 3. The first-order valence-electron chi connectivity index (χ1n) is 7.59. The van der Waals surface area contributed by atoms with E-state index in [9.17, 15) is 5.11 Å². The van der Waals surface area contributed by atoms with Gasteiger partial charge in [0.2, 0.25) is 0 Å². The van der Waals surface area contributed by atoms with Crippen LogP contribution in [0, 0.1) is 0 Å². The van der Waals surface area contributed by atoms with E-state index in [1.54, 1.807) is 17.5 Å². The van der Waals surface area contributed by atoms with E-state index in [1.807, 2.05) is 54.7 Å². The van der Waals surface area contributed by atoms with E-state index in [0.29, 0.717) is 13.1 Å². The van der Waals surface area contributed by atoms with Crippen molar-refractivity contribution in [3.8, 4) is 10.7 Å². The number of rotatable bonds is 4. The second-order valence-electron chi connectivity index (χ2n) is 5.89. The quantitative estimate of drug-likeness (QED) is 0.802. The molecule has 1 saturated heterocycles. The number of aromatic nitrogens is 2.